The third-order valence-electron chi connectivity index (χ3n) is 7.67. The summed E-state index contributed by atoms with van der Waals surface area (Å²) >= 11 is 0. The number of fused-ring (bicyclic) bond motifs is 1. The summed E-state index contributed by atoms with van der Waals surface area (Å²) in [5, 5.41) is 0. The maximum absolute atomic E-state index is 13.2. The summed E-state index contributed by atoms with van der Waals surface area (Å²) in [6.45, 7) is 5.93. The zero-order valence-corrected chi connectivity index (χ0v) is 19.6. The first kappa shape index (κ1) is 22.3. The van der Waals surface area contributed by atoms with E-state index in [-0.39, 0.29) is 0 Å². The fourth-order valence-corrected chi connectivity index (χ4v) is 6.01. The SMILES string of the molecule is CCCC1CCC(c2nc3cccnc3n2CCC(=O)N(CC)C2CCCCC2)CC1. The molecular formula is C26H40N4O. The predicted molar refractivity (Wildman–Crippen MR) is 126 cm³/mol. The third-order valence-corrected chi connectivity index (χ3v) is 7.67. The number of pyridine rings is 1. The number of carbonyl (C=O) groups is 1. The van der Waals surface area contributed by atoms with Crippen molar-refractivity contribution in [2.24, 2.45) is 5.92 Å². The van der Waals surface area contributed by atoms with Crippen LogP contribution in [-0.4, -0.2) is 37.9 Å². The number of hydrogen-bond acceptors (Lipinski definition) is 3. The van der Waals surface area contributed by atoms with E-state index in [1.165, 1.54) is 70.6 Å². The number of carbonyl (C=O) groups excluding carboxylic acids is 1. The normalized spacial score (nSPS) is 22.6. The second-order valence-corrected chi connectivity index (χ2v) is 9.70. The van der Waals surface area contributed by atoms with Crippen LogP contribution in [0.1, 0.15) is 103 Å². The van der Waals surface area contributed by atoms with Gasteiger partial charge in [-0.2, -0.15) is 0 Å². The predicted octanol–water partition coefficient (Wildman–Crippen LogP) is 6.08. The molecule has 31 heavy (non-hydrogen) atoms. The van der Waals surface area contributed by atoms with Crippen molar-refractivity contribution in [2.75, 3.05) is 6.54 Å². The van der Waals surface area contributed by atoms with Crippen LogP contribution in [0.4, 0.5) is 0 Å². The first-order valence-electron chi connectivity index (χ1n) is 12.8. The molecule has 0 unspecified atom stereocenters. The average Bonchev–Trinajstić information content (AvgIpc) is 3.18. The molecule has 1 amide bonds. The Bertz CT molecular complexity index is 846. The van der Waals surface area contributed by atoms with Crippen LogP contribution >= 0.6 is 0 Å². The topological polar surface area (TPSA) is 51.0 Å². The van der Waals surface area contributed by atoms with Gasteiger partial charge in [-0.15, -0.1) is 0 Å². The minimum Gasteiger partial charge on any atom is -0.340 e. The van der Waals surface area contributed by atoms with Crippen LogP contribution in [0.2, 0.25) is 0 Å². The average molecular weight is 425 g/mol. The Labute approximate surface area is 187 Å². The molecule has 0 aliphatic heterocycles. The lowest BCUT2D eigenvalue weighted by molar-refractivity contribution is -0.134. The summed E-state index contributed by atoms with van der Waals surface area (Å²) in [6.07, 6.45) is 16.2. The summed E-state index contributed by atoms with van der Waals surface area (Å²) in [4.78, 5) is 25.0. The summed E-state index contributed by atoms with van der Waals surface area (Å²) in [5.41, 5.74) is 1.92. The molecule has 5 nitrogen and oxygen atoms in total. The van der Waals surface area contributed by atoms with Crippen molar-refractivity contribution in [3.05, 3.63) is 24.2 Å². The highest BCUT2D eigenvalue weighted by Gasteiger charge is 2.28. The van der Waals surface area contributed by atoms with E-state index in [1.807, 2.05) is 12.3 Å². The van der Waals surface area contributed by atoms with Gasteiger partial charge >= 0.3 is 0 Å². The van der Waals surface area contributed by atoms with Crippen LogP contribution in [0.25, 0.3) is 11.2 Å². The van der Waals surface area contributed by atoms with Crippen LogP contribution in [0.3, 0.4) is 0 Å². The van der Waals surface area contributed by atoms with Crippen LogP contribution in [0, 0.1) is 5.92 Å². The molecule has 0 spiro atoms. The first-order chi connectivity index (χ1) is 15.2. The van der Waals surface area contributed by atoms with E-state index >= 15 is 0 Å². The maximum Gasteiger partial charge on any atom is 0.224 e. The highest BCUT2D eigenvalue weighted by molar-refractivity contribution is 5.77. The molecule has 2 saturated carbocycles. The number of nitrogens with zero attached hydrogens (tertiary/aromatic N) is 4. The highest BCUT2D eigenvalue weighted by Crippen LogP contribution is 2.38. The largest absolute Gasteiger partial charge is 0.340 e. The lowest BCUT2D eigenvalue weighted by Crippen LogP contribution is -2.41. The number of imidazole rings is 1. The van der Waals surface area contributed by atoms with Crippen molar-refractivity contribution in [3.8, 4) is 0 Å². The van der Waals surface area contributed by atoms with Crippen molar-refractivity contribution in [2.45, 2.75) is 109 Å². The molecule has 5 heteroatoms. The van der Waals surface area contributed by atoms with E-state index in [9.17, 15) is 4.79 Å². The maximum atomic E-state index is 13.2. The molecule has 2 aliphatic rings. The van der Waals surface area contributed by atoms with Crippen LogP contribution in [0.15, 0.2) is 18.3 Å². The molecule has 2 heterocycles. The molecule has 2 aromatic rings. The quantitative estimate of drug-likeness (QED) is 0.516. The van der Waals surface area contributed by atoms with Crippen molar-refractivity contribution in [1.82, 2.24) is 19.4 Å². The molecule has 0 atom stereocenters. The summed E-state index contributed by atoms with van der Waals surface area (Å²) < 4.78 is 2.27. The molecule has 0 radical (unpaired) electrons. The zero-order valence-electron chi connectivity index (χ0n) is 19.6. The molecule has 0 bridgehead atoms. The summed E-state index contributed by atoms with van der Waals surface area (Å²) in [7, 11) is 0. The van der Waals surface area contributed by atoms with E-state index in [1.54, 1.807) is 0 Å². The molecule has 170 valence electrons. The van der Waals surface area contributed by atoms with Gasteiger partial charge < -0.3 is 9.47 Å². The third kappa shape index (κ3) is 5.12. The summed E-state index contributed by atoms with van der Waals surface area (Å²) in [6, 6.07) is 4.47. The van der Waals surface area contributed by atoms with Gasteiger partial charge in [-0.3, -0.25) is 4.79 Å². The number of aryl methyl sites for hydroxylation is 1. The zero-order chi connectivity index (χ0) is 21.6. The minimum absolute atomic E-state index is 0.296. The molecule has 2 aliphatic carbocycles. The Kier molecular flexibility index (Phi) is 7.62. The van der Waals surface area contributed by atoms with E-state index in [4.69, 9.17) is 4.98 Å². The van der Waals surface area contributed by atoms with Crippen LogP contribution in [0.5, 0.6) is 0 Å². The number of hydrogen-bond donors (Lipinski definition) is 0. The number of aromatic nitrogens is 3. The van der Waals surface area contributed by atoms with E-state index < -0.39 is 0 Å². The number of amides is 1. The Morgan fingerprint density at radius 2 is 1.87 bits per heavy atom. The Hall–Kier alpha value is -1.91. The van der Waals surface area contributed by atoms with E-state index in [0.717, 1.165) is 29.5 Å². The molecular weight excluding hydrogens is 384 g/mol. The highest BCUT2D eigenvalue weighted by atomic mass is 16.2. The van der Waals surface area contributed by atoms with E-state index in [0.29, 0.717) is 30.8 Å². The van der Waals surface area contributed by atoms with Crippen molar-refractivity contribution in [1.29, 1.82) is 0 Å². The van der Waals surface area contributed by atoms with Gasteiger partial charge in [0.25, 0.3) is 0 Å². The molecule has 0 N–H and O–H groups in total. The van der Waals surface area contributed by atoms with Crippen LogP contribution in [-0.2, 0) is 11.3 Å². The van der Waals surface area contributed by atoms with Crippen molar-refractivity contribution < 1.29 is 4.79 Å². The molecule has 2 aromatic heterocycles. The Morgan fingerprint density at radius 1 is 1.10 bits per heavy atom. The molecule has 0 saturated heterocycles. The molecule has 4 rings (SSSR count). The fourth-order valence-electron chi connectivity index (χ4n) is 6.01. The van der Waals surface area contributed by atoms with Gasteiger partial charge in [-0.25, -0.2) is 9.97 Å². The van der Waals surface area contributed by atoms with Crippen molar-refractivity contribution >= 4 is 17.1 Å². The monoisotopic (exact) mass is 424 g/mol. The fraction of sp³-hybridized carbons (Fsp3) is 0.731. The lowest BCUT2D eigenvalue weighted by Gasteiger charge is -2.34. The lowest BCUT2D eigenvalue weighted by atomic mass is 9.80. The van der Waals surface area contributed by atoms with Gasteiger partial charge in [-0.1, -0.05) is 39.0 Å². The van der Waals surface area contributed by atoms with Gasteiger partial charge in [0.2, 0.25) is 5.91 Å². The Balaban J connectivity index is 1.49. The van der Waals surface area contributed by atoms with Gasteiger partial charge in [-0.05, 0) is 63.5 Å². The second-order valence-electron chi connectivity index (χ2n) is 9.70. The molecule has 2 fully saturated rings. The number of rotatable bonds is 8. The smallest absolute Gasteiger partial charge is 0.224 e. The van der Waals surface area contributed by atoms with Gasteiger partial charge in [0.05, 0.1) is 0 Å². The van der Waals surface area contributed by atoms with Gasteiger partial charge in [0, 0.05) is 37.7 Å². The molecule has 0 aromatic carbocycles. The van der Waals surface area contributed by atoms with Crippen molar-refractivity contribution in [3.63, 3.8) is 0 Å². The second kappa shape index (κ2) is 10.6. The van der Waals surface area contributed by atoms with Crippen LogP contribution < -0.4 is 0 Å². The minimum atomic E-state index is 0.296. The summed E-state index contributed by atoms with van der Waals surface area (Å²) in [5.74, 6) is 2.84. The first-order valence-corrected chi connectivity index (χ1v) is 12.8. The standard InChI is InChI=1S/C26H40N4O/c1-3-9-20-13-15-21(16-14-20)25-28-23-12-8-18-27-26(23)30(25)19-17-24(31)29(4-2)22-10-6-5-7-11-22/h8,12,18,20-22H,3-7,9-11,13-17,19H2,1-2H3. The van der Waals surface area contributed by atoms with E-state index in [2.05, 4.69) is 34.4 Å². The Morgan fingerprint density at radius 3 is 2.58 bits per heavy atom. The van der Waals surface area contributed by atoms with Gasteiger partial charge in [0.1, 0.15) is 11.3 Å². The van der Waals surface area contributed by atoms with Gasteiger partial charge in [0.15, 0.2) is 5.65 Å².